The maximum absolute atomic E-state index is 3.74. The first-order chi connectivity index (χ1) is 15.3. The number of rotatable bonds is 0. The van der Waals surface area contributed by atoms with E-state index in [9.17, 15) is 0 Å². The summed E-state index contributed by atoms with van der Waals surface area (Å²) in [6.45, 7) is 26.4. The molecule has 32 heavy (non-hydrogen) atoms. The van der Waals surface area contributed by atoms with E-state index in [1.54, 1.807) is 0 Å². The van der Waals surface area contributed by atoms with Crippen LogP contribution >= 0.6 is 0 Å². The van der Waals surface area contributed by atoms with Gasteiger partial charge in [-0.3, -0.25) is 9.80 Å². The Balaban J connectivity index is 2.15. The van der Waals surface area contributed by atoms with Crippen molar-refractivity contribution in [2.75, 3.05) is 78.5 Å². The van der Waals surface area contributed by atoms with Gasteiger partial charge in [-0.2, -0.15) is 0 Å². The molecule has 0 radical (unpaired) electrons. The molecule has 0 aromatic carbocycles. The Morgan fingerprint density at radius 2 is 0.500 bits per heavy atom. The van der Waals surface area contributed by atoms with E-state index in [1.807, 2.05) is 0 Å². The molecule has 0 aromatic heterocycles. The smallest absolute Gasteiger partial charge is 0.0167 e. The van der Waals surface area contributed by atoms with E-state index in [4.69, 9.17) is 0 Å². The minimum absolute atomic E-state index is 0.478. The van der Waals surface area contributed by atoms with Gasteiger partial charge in [0, 0.05) is 115 Å². The molecule has 3 heterocycles. The maximum atomic E-state index is 3.74. The highest BCUT2D eigenvalue weighted by Gasteiger charge is 2.19. The van der Waals surface area contributed by atoms with Crippen LogP contribution in [0.4, 0.5) is 0 Å². The molecule has 3 aliphatic heterocycles. The third-order valence-electron chi connectivity index (χ3n) is 6.52. The molecule has 3 rings (SSSR count). The van der Waals surface area contributed by atoms with Gasteiger partial charge in [0.1, 0.15) is 0 Å². The monoisotopic (exact) mass is 454 g/mol. The molecule has 0 amide bonds. The molecule has 0 aromatic rings. The van der Waals surface area contributed by atoms with E-state index in [2.05, 4.69) is 83.2 Å². The summed E-state index contributed by atoms with van der Waals surface area (Å²) in [5.41, 5.74) is 0. The standard InChI is InChI=1S/C24H54N8/c1-19-13-31-14-20(2)27-9-11-29-23(5)17-32(16-22(4)26-8-7-25-19)18-24(6)30-12-10-28-21(3)15-31/h19-30H,7-18H2,1-6H3. The quantitative estimate of drug-likeness (QED) is 0.292. The molecule has 3 aliphatic rings. The highest BCUT2D eigenvalue weighted by molar-refractivity contribution is 4.80. The number of hydrogen-bond acceptors (Lipinski definition) is 8. The lowest BCUT2D eigenvalue weighted by Gasteiger charge is -2.34. The van der Waals surface area contributed by atoms with Crippen LogP contribution in [0.3, 0.4) is 0 Å². The zero-order chi connectivity index (χ0) is 23.3. The molecule has 2 bridgehead atoms. The summed E-state index contributed by atoms with van der Waals surface area (Å²) < 4.78 is 0. The Labute approximate surface area is 198 Å². The molecule has 0 saturated carbocycles. The van der Waals surface area contributed by atoms with Crippen molar-refractivity contribution in [2.24, 2.45) is 0 Å². The third-order valence-corrected chi connectivity index (χ3v) is 6.52. The normalized spacial score (nSPS) is 41.1. The Kier molecular flexibility index (Phi) is 13.6. The molecule has 6 N–H and O–H groups in total. The fourth-order valence-corrected chi connectivity index (χ4v) is 5.07. The number of hydrogen-bond donors (Lipinski definition) is 6. The average molecular weight is 455 g/mol. The van der Waals surface area contributed by atoms with Crippen molar-refractivity contribution in [3.63, 3.8) is 0 Å². The third kappa shape index (κ3) is 12.2. The van der Waals surface area contributed by atoms with Crippen LogP contribution in [-0.2, 0) is 0 Å². The van der Waals surface area contributed by atoms with E-state index in [1.165, 1.54) is 0 Å². The summed E-state index contributed by atoms with van der Waals surface area (Å²) in [6, 6.07) is 2.87. The second-order valence-electron chi connectivity index (χ2n) is 10.6. The minimum atomic E-state index is 0.478. The van der Waals surface area contributed by atoms with Crippen molar-refractivity contribution in [2.45, 2.75) is 77.8 Å². The molecule has 6 unspecified atom stereocenters. The fraction of sp³-hybridized carbons (Fsp3) is 1.00. The van der Waals surface area contributed by atoms with Gasteiger partial charge in [-0.25, -0.2) is 0 Å². The number of nitrogens with one attached hydrogen (secondary N) is 6. The SMILES string of the molecule is CC1CN2CC(C)NCCNC(C)CN(CC(C)NCCN1)CC(C)NCCNC(C)C2. The average Bonchev–Trinajstić information content (AvgIpc) is 2.70. The van der Waals surface area contributed by atoms with Crippen molar-refractivity contribution >= 4 is 0 Å². The van der Waals surface area contributed by atoms with Gasteiger partial charge in [0.15, 0.2) is 0 Å². The zero-order valence-corrected chi connectivity index (χ0v) is 21.8. The summed E-state index contributed by atoms with van der Waals surface area (Å²) in [6.07, 6.45) is 0. The molecule has 3 saturated heterocycles. The first-order valence-electron chi connectivity index (χ1n) is 13.2. The lowest BCUT2D eigenvalue weighted by molar-refractivity contribution is 0.195. The van der Waals surface area contributed by atoms with Crippen LogP contribution in [0.15, 0.2) is 0 Å². The summed E-state index contributed by atoms with van der Waals surface area (Å²) in [7, 11) is 0. The molecular formula is C24H54N8. The van der Waals surface area contributed by atoms with Crippen LogP contribution in [0.1, 0.15) is 41.5 Å². The topological polar surface area (TPSA) is 78.7 Å². The molecule has 8 heteroatoms. The van der Waals surface area contributed by atoms with Gasteiger partial charge in [0.25, 0.3) is 0 Å². The van der Waals surface area contributed by atoms with Crippen LogP contribution in [0.2, 0.25) is 0 Å². The van der Waals surface area contributed by atoms with E-state index in [0.717, 1.165) is 78.5 Å². The van der Waals surface area contributed by atoms with Crippen LogP contribution in [-0.4, -0.2) is 125 Å². The Morgan fingerprint density at radius 3 is 0.656 bits per heavy atom. The van der Waals surface area contributed by atoms with Gasteiger partial charge in [0.2, 0.25) is 0 Å². The van der Waals surface area contributed by atoms with Gasteiger partial charge in [-0.05, 0) is 41.5 Å². The maximum Gasteiger partial charge on any atom is 0.0167 e. The number of nitrogens with zero attached hydrogens (tertiary/aromatic N) is 2. The van der Waals surface area contributed by atoms with Crippen LogP contribution in [0.25, 0.3) is 0 Å². The predicted molar refractivity (Wildman–Crippen MR) is 138 cm³/mol. The van der Waals surface area contributed by atoms with Gasteiger partial charge in [-0.1, -0.05) is 0 Å². The number of fused-ring (bicyclic) bond motifs is 21. The summed E-state index contributed by atoms with van der Waals surface area (Å²) in [4.78, 5) is 5.25. The van der Waals surface area contributed by atoms with Crippen molar-refractivity contribution in [1.82, 2.24) is 41.7 Å². The van der Waals surface area contributed by atoms with Crippen molar-refractivity contribution in [3.05, 3.63) is 0 Å². The summed E-state index contributed by atoms with van der Waals surface area (Å²) >= 11 is 0. The highest BCUT2D eigenvalue weighted by Crippen LogP contribution is 2.01. The summed E-state index contributed by atoms with van der Waals surface area (Å²) in [5, 5.41) is 22.4. The van der Waals surface area contributed by atoms with Gasteiger partial charge >= 0.3 is 0 Å². The molecule has 6 atom stereocenters. The lowest BCUT2D eigenvalue weighted by Crippen LogP contribution is -2.53. The van der Waals surface area contributed by atoms with Crippen LogP contribution in [0, 0.1) is 0 Å². The van der Waals surface area contributed by atoms with Crippen molar-refractivity contribution in [3.8, 4) is 0 Å². The fourth-order valence-electron chi connectivity index (χ4n) is 5.07. The van der Waals surface area contributed by atoms with Crippen molar-refractivity contribution in [1.29, 1.82) is 0 Å². The molecular weight excluding hydrogens is 400 g/mol. The predicted octanol–water partition coefficient (Wildman–Crippen LogP) is -0.514. The van der Waals surface area contributed by atoms with Gasteiger partial charge in [-0.15, -0.1) is 0 Å². The highest BCUT2D eigenvalue weighted by atomic mass is 15.2. The molecule has 3 fully saturated rings. The molecule has 190 valence electrons. The Hall–Kier alpha value is -0.320. The first-order valence-corrected chi connectivity index (χ1v) is 13.2. The minimum Gasteiger partial charge on any atom is -0.312 e. The first kappa shape index (κ1) is 27.9. The Bertz CT molecular complexity index is 370. The van der Waals surface area contributed by atoms with Gasteiger partial charge < -0.3 is 31.9 Å². The van der Waals surface area contributed by atoms with E-state index in [-0.39, 0.29) is 0 Å². The van der Waals surface area contributed by atoms with E-state index >= 15 is 0 Å². The molecule has 8 nitrogen and oxygen atoms in total. The second kappa shape index (κ2) is 15.6. The van der Waals surface area contributed by atoms with Crippen LogP contribution < -0.4 is 31.9 Å². The molecule has 0 aliphatic carbocycles. The zero-order valence-electron chi connectivity index (χ0n) is 21.8. The van der Waals surface area contributed by atoms with E-state index < -0.39 is 0 Å². The van der Waals surface area contributed by atoms with E-state index in [0.29, 0.717) is 36.3 Å². The summed E-state index contributed by atoms with van der Waals surface area (Å²) in [5.74, 6) is 0. The largest absolute Gasteiger partial charge is 0.312 e. The van der Waals surface area contributed by atoms with Crippen molar-refractivity contribution < 1.29 is 0 Å². The van der Waals surface area contributed by atoms with Gasteiger partial charge in [0.05, 0.1) is 0 Å². The second-order valence-corrected chi connectivity index (χ2v) is 10.6. The lowest BCUT2D eigenvalue weighted by atomic mass is 10.2. The van der Waals surface area contributed by atoms with Crippen LogP contribution in [0.5, 0.6) is 0 Å². The molecule has 0 spiro atoms. The Morgan fingerprint density at radius 1 is 0.344 bits per heavy atom.